The molecular formula is C15H22N4O. The molecule has 5 nitrogen and oxygen atoms in total. The second-order valence-corrected chi connectivity index (χ2v) is 5.33. The van der Waals surface area contributed by atoms with E-state index in [0.717, 1.165) is 36.8 Å². The highest BCUT2D eigenvalue weighted by Gasteiger charge is 2.27. The predicted octanol–water partition coefficient (Wildman–Crippen LogP) is 1.67. The van der Waals surface area contributed by atoms with E-state index < -0.39 is 5.54 Å². The normalized spacial score (nSPS) is 14.3. The standard InChI is InChI=1S/C15H22N4O/c1-15(17-2,14(16)20)9-5-6-10-19-11-18-12-7-3-4-8-13(12)19/h3-4,7-8,11,17H,5-6,9-10H2,1-2H3,(H2,16,20). The number of unbranched alkanes of at least 4 members (excludes halogenated alkanes) is 1. The number of hydrogen-bond donors (Lipinski definition) is 2. The van der Waals surface area contributed by atoms with Crippen molar-refractivity contribution in [3.63, 3.8) is 0 Å². The van der Waals surface area contributed by atoms with E-state index in [1.165, 1.54) is 0 Å². The number of benzene rings is 1. The van der Waals surface area contributed by atoms with Crippen LogP contribution in [0, 0.1) is 0 Å². The van der Waals surface area contributed by atoms with Gasteiger partial charge in [-0.15, -0.1) is 0 Å². The van der Waals surface area contributed by atoms with E-state index in [-0.39, 0.29) is 5.91 Å². The molecule has 0 aliphatic heterocycles. The van der Waals surface area contributed by atoms with Gasteiger partial charge in [-0.1, -0.05) is 12.1 Å². The van der Waals surface area contributed by atoms with E-state index in [1.807, 2.05) is 31.5 Å². The van der Waals surface area contributed by atoms with Gasteiger partial charge in [0.2, 0.25) is 5.91 Å². The van der Waals surface area contributed by atoms with Crippen molar-refractivity contribution in [2.24, 2.45) is 5.73 Å². The van der Waals surface area contributed by atoms with Gasteiger partial charge < -0.3 is 15.6 Å². The minimum absolute atomic E-state index is 0.298. The Hall–Kier alpha value is -1.88. The van der Waals surface area contributed by atoms with Crippen LogP contribution in [0.2, 0.25) is 0 Å². The maximum Gasteiger partial charge on any atom is 0.237 e. The average Bonchev–Trinajstić information content (AvgIpc) is 2.86. The summed E-state index contributed by atoms with van der Waals surface area (Å²) in [5.74, 6) is -0.298. The SMILES string of the molecule is CNC(C)(CCCCn1cnc2ccccc21)C(N)=O. The summed E-state index contributed by atoms with van der Waals surface area (Å²) in [4.78, 5) is 15.8. The first-order chi connectivity index (χ1) is 9.57. The summed E-state index contributed by atoms with van der Waals surface area (Å²) < 4.78 is 2.15. The van der Waals surface area contributed by atoms with Crippen LogP contribution in [-0.2, 0) is 11.3 Å². The van der Waals surface area contributed by atoms with Crippen LogP contribution in [0.25, 0.3) is 11.0 Å². The Morgan fingerprint density at radius 1 is 1.40 bits per heavy atom. The molecule has 108 valence electrons. The van der Waals surface area contributed by atoms with Gasteiger partial charge in [0, 0.05) is 6.54 Å². The lowest BCUT2D eigenvalue weighted by molar-refractivity contribution is -0.123. The molecule has 0 aliphatic carbocycles. The van der Waals surface area contributed by atoms with Gasteiger partial charge in [0.05, 0.1) is 22.9 Å². The lowest BCUT2D eigenvalue weighted by atomic mass is 9.94. The summed E-state index contributed by atoms with van der Waals surface area (Å²) in [5.41, 5.74) is 6.97. The number of nitrogens with two attached hydrogens (primary N) is 1. The smallest absolute Gasteiger partial charge is 0.237 e. The van der Waals surface area contributed by atoms with Crippen molar-refractivity contribution in [2.75, 3.05) is 7.05 Å². The highest BCUT2D eigenvalue weighted by atomic mass is 16.1. The van der Waals surface area contributed by atoms with E-state index in [0.29, 0.717) is 0 Å². The molecule has 0 spiro atoms. The number of aromatic nitrogens is 2. The minimum atomic E-state index is -0.614. The monoisotopic (exact) mass is 274 g/mol. The van der Waals surface area contributed by atoms with E-state index >= 15 is 0 Å². The highest BCUT2D eigenvalue weighted by Crippen LogP contribution is 2.16. The highest BCUT2D eigenvalue weighted by molar-refractivity contribution is 5.84. The number of likely N-dealkylation sites (N-methyl/N-ethyl adjacent to an activating group) is 1. The first kappa shape index (κ1) is 14.5. The van der Waals surface area contributed by atoms with Crippen LogP contribution < -0.4 is 11.1 Å². The van der Waals surface area contributed by atoms with Gasteiger partial charge in [0.25, 0.3) is 0 Å². The number of hydrogen-bond acceptors (Lipinski definition) is 3. The van der Waals surface area contributed by atoms with Crippen molar-refractivity contribution >= 4 is 16.9 Å². The number of para-hydroxylation sites is 2. The molecule has 0 aliphatic rings. The van der Waals surface area contributed by atoms with Gasteiger partial charge in [-0.05, 0) is 45.4 Å². The van der Waals surface area contributed by atoms with Gasteiger partial charge in [0.1, 0.15) is 0 Å². The average molecular weight is 274 g/mol. The molecule has 1 amide bonds. The Labute approximate surface area is 119 Å². The molecule has 1 heterocycles. The topological polar surface area (TPSA) is 72.9 Å². The Kier molecular flexibility index (Phi) is 4.39. The van der Waals surface area contributed by atoms with Gasteiger partial charge in [-0.3, -0.25) is 4.79 Å². The number of aryl methyl sites for hydroxylation is 1. The zero-order valence-corrected chi connectivity index (χ0v) is 12.1. The maximum absolute atomic E-state index is 11.4. The van der Waals surface area contributed by atoms with Crippen LogP contribution in [0.3, 0.4) is 0 Å². The lowest BCUT2D eigenvalue weighted by Gasteiger charge is -2.25. The third-order valence-corrected chi connectivity index (χ3v) is 3.95. The number of carbonyl (C=O) groups is 1. The fraction of sp³-hybridized carbons (Fsp3) is 0.467. The van der Waals surface area contributed by atoms with Gasteiger partial charge in [-0.2, -0.15) is 0 Å². The molecule has 3 N–H and O–H groups in total. The van der Waals surface area contributed by atoms with Crippen LogP contribution in [0.15, 0.2) is 30.6 Å². The molecule has 1 aromatic heterocycles. The Morgan fingerprint density at radius 2 is 2.15 bits per heavy atom. The zero-order valence-electron chi connectivity index (χ0n) is 12.1. The quantitative estimate of drug-likeness (QED) is 0.754. The lowest BCUT2D eigenvalue weighted by Crippen LogP contribution is -2.51. The van der Waals surface area contributed by atoms with Crippen LogP contribution in [-0.4, -0.2) is 28.0 Å². The molecule has 20 heavy (non-hydrogen) atoms. The number of nitrogens with one attached hydrogen (secondary N) is 1. The molecule has 2 rings (SSSR count). The van der Waals surface area contributed by atoms with Crippen LogP contribution in [0.4, 0.5) is 0 Å². The summed E-state index contributed by atoms with van der Waals surface area (Å²) in [5, 5.41) is 3.01. The van der Waals surface area contributed by atoms with Crippen LogP contribution in [0.1, 0.15) is 26.2 Å². The second-order valence-electron chi connectivity index (χ2n) is 5.33. The summed E-state index contributed by atoms with van der Waals surface area (Å²) in [6, 6.07) is 8.09. The second kappa shape index (κ2) is 6.05. The predicted molar refractivity (Wildman–Crippen MR) is 80.2 cm³/mol. The zero-order chi connectivity index (χ0) is 14.6. The number of carbonyl (C=O) groups excluding carboxylic acids is 1. The fourth-order valence-corrected chi connectivity index (χ4v) is 2.32. The Morgan fingerprint density at radius 3 is 2.85 bits per heavy atom. The largest absolute Gasteiger partial charge is 0.368 e. The van der Waals surface area contributed by atoms with Crippen molar-refractivity contribution in [3.05, 3.63) is 30.6 Å². The minimum Gasteiger partial charge on any atom is -0.368 e. The maximum atomic E-state index is 11.4. The van der Waals surface area contributed by atoms with Crippen molar-refractivity contribution in [2.45, 2.75) is 38.3 Å². The van der Waals surface area contributed by atoms with E-state index in [1.54, 1.807) is 7.05 Å². The summed E-state index contributed by atoms with van der Waals surface area (Å²) in [7, 11) is 1.77. The molecular weight excluding hydrogens is 252 g/mol. The summed E-state index contributed by atoms with van der Waals surface area (Å²) in [6.07, 6.45) is 4.54. The third kappa shape index (κ3) is 2.99. The number of imidazole rings is 1. The Bertz CT molecular complexity index is 592. The molecule has 5 heteroatoms. The molecule has 1 unspecified atom stereocenters. The summed E-state index contributed by atoms with van der Waals surface area (Å²) in [6.45, 7) is 2.75. The number of rotatable bonds is 7. The van der Waals surface area contributed by atoms with Crippen molar-refractivity contribution < 1.29 is 4.79 Å². The molecule has 0 saturated heterocycles. The van der Waals surface area contributed by atoms with E-state index in [2.05, 4.69) is 20.9 Å². The van der Waals surface area contributed by atoms with Gasteiger partial charge >= 0.3 is 0 Å². The van der Waals surface area contributed by atoms with Crippen molar-refractivity contribution in [1.82, 2.24) is 14.9 Å². The summed E-state index contributed by atoms with van der Waals surface area (Å²) >= 11 is 0. The molecule has 2 aromatic rings. The van der Waals surface area contributed by atoms with Crippen molar-refractivity contribution in [3.8, 4) is 0 Å². The third-order valence-electron chi connectivity index (χ3n) is 3.95. The first-order valence-electron chi connectivity index (χ1n) is 6.95. The van der Waals surface area contributed by atoms with E-state index in [9.17, 15) is 4.79 Å². The van der Waals surface area contributed by atoms with Crippen molar-refractivity contribution in [1.29, 1.82) is 0 Å². The molecule has 0 bridgehead atoms. The van der Waals surface area contributed by atoms with Gasteiger partial charge in [0.15, 0.2) is 0 Å². The van der Waals surface area contributed by atoms with Gasteiger partial charge in [-0.25, -0.2) is 4.98 Å². The van der Waals surface area contributed by atoms with E-state index in [4.69, 9.17) is 5.73 Å². The van der Waals surface area contributed by atoms with Crippen LogP contribution >= 0.6 is 0 Å². The number of fused-ring (bicyclic) bond motifs is 1. The number of amides is 1. The number of nitrogens with zero attached hydrogens (tertiary/aromatic N) is 2. The number of primary amides is 1. The van der Waals surface area contributed by atoms with Crippen LogP contribution in [0.5, 0.6) is 0 Å². The Balaban J connectivity index is 1.89. The molecule has 1 atom stereocenters. The molecule has 0 radical (unpaired) electrons. The first-order valence-corrected chi connectivity index (χ1v) is 6.95. The fourth-order valence-electron chi connectivity index (χ4n) is 2.32. The molecule has 0 saturated carbocycles. The molecule has 0 fully saturated rings. The molecule has 1 aromatic carbocycles.